The van der Waals surface area contributed by atoms with Crippen LogP contribution in [0.25, 0.3) is 0 Å². The van der Waals surface area contributed by atoms with Crippen LogP contribution < -0.4 is 15.4 Å². The fourth-order valence-corrected chi connectivity index (χ4v) is 4.00. The molecule has 30 heavy (non-hydrogen) atoms. The van der Waals surface area contributed by atoms with Gasteiger partial charge in [0.05, 0.1) is 18.0 Å². The maximum absolute atomic E-state index is 12.8. The third-order valence-corrected chi connectivity index (χ3v) is 5.76. The van der Waals surface area contributed by atoms with Gasteiger partial charge in [0.15, 0.2) is 0 Å². The molecule has 2 rings (SSSR count). The molecule has 162 valence electrons. The molecule has 1 atom stereocenters. The summed E-state index contributed by atoms with van der Waals surface area (Å²) in [6.07, 6.45) is 1.08. The van der Waals surface area contributed by atoms with E-state index in [1.807, 2.05) is 52.0 Å². The molecule has 0 saturated carbocycles. The standard InChI is InChI=1S/C23H29ClN2O3S/c1-6-20(22(28)26-18-12-15(24)10-11-19(18)29-5)30-17-9-7-8-16(13-17)25-21(27)14-23(2,3)4/h7-13,20H,6,14H2,1-5H3,(H,25,27)(H,26,28). The Morgan fingerprint density at radius 3 is 2.50 bits per heavy atom. The monoisotopic (exact) mass is 448 g/mol. The highest BCUT2D eigenvalue weighted by molar-refractivity contribution is 8.00. The summed E-state index contributed by atoms with van der Waals surface area (Å²) >= 11 is 7.50. The van der Waals surface area contributed by atoms with Gasteiger partial charge in [-0.1, -0.05) is 45.4 Å². The van der Waals surface area contributed by atoms with Crippen LogP contribution in [-0.4, -0.2) is 24.2 Å². The molecule has 0 aliphatic heterocycles. The first-order valence-corrected chi connectivity index (χ1v) is 11.1. The largest absolute Gasteiger partial charge is 0.495 e. The summed E-state index contributed by atoms with van der Waals surface area (Å²) in [6.45, 7) is 8.04. The Morgan fingerprint density at radius 2 is 1.87 bits per heavy atom. The molecule has 2 N–H and O–H groups in total. The molecule has 2 aromatic carbocycles. The van der Waals surface area contributed by atoms with E-state index in [-0.39, 0.29) is 22.5 Å². The predicted molar refractivity (Wildman–Crippen MR) is 126 cm³/mol. The van der Waals surface area contributed by atoms with Crippen LogP contribution in [0.15, 0.2) is 47.4 Å². The third-order valence-electron chi connectivity index (χ3n) is 4.17. The molecule has 0 saturated heterocycles. The zero-order valence-electron chi connectivity index (χ0n) is 18.0. The maximum Gasteiger partial charge on any atom is 0.237 e. The van der Waals surface area contributed by atoms with E-state index in [0.717, 1.165) is 10.6 Å². The summed E-state index contributed by atoms with van der Waals surface area (Å²) in [4.78, 5) is 26.0. The molecule has 0 aliphatic carbocycles. The number of nitrogens with one attached hydrogen (secondary N) is 2. The highest BCUT2D eigenvalue weighted by Crippen LogP contribution is 2.32. The van der Waals surface area contributed by atoms with Gasteiger partial charge < -0.3 is 15.4 Å². The van der Waals surface area contributed by atoms with Crippen molar-refractivity contribution < 1.29 is 14.3 Å². The molecule has 5 nitrogen and oxygen atoms in total. The Hall–Kier alpha value is -2.18. The lowest BCUT2D eigenvalue weighted by Gasteiger charge is -2.18. The second-order valence-electron chi connectivity index (χ2n) is 8.16. The number of hydrogen-bond donors (Lipinski definition) is 2. The number of benzene rings is 2. The fourth-order valence-electron chi connectivity index (χ4n) is 2.81. The van der Waals surface area contributed by atoms with Gasteiger partial charge >= 0.3 is 0 Å². The quantitative estimate of drug-likeness (QED) is 0.469. The van der Waals surface area contributed by atoms with Crippen LogP contribution >= 0.6 is 23.4 Å². The molecule has 0 heterocycles. The van der Waals surface area contributed by atoms with E-state index in [1.54, 1.807) is 25.3 Å². The van der Waals surface area contributed by atoms with Crippen LogP contribution in [0.1, 0.15) is 40.5 Å². The van der Waals surface area contributed by atoms with E-state index in [2.05, 4.69) is 10.6 Å². The SMILES string of the molecule is CCC(Sc1cccc(NC(=O)CC(C)(C)C)c1)C(=O)Nc1cc(Cl)ccc1OC. The minimum atomic E-state index is -0.311. The highest BCUT2D eigenvalue weighted by atomic mass is 35.5. The molecule has 0 radical (unpaired) electrons. The lowest BCUT2D eigenvalue weighted by Crippen LogP contribution is -2.24. The van der Waals surface area contributed by atoms with Crippen LogP contribution in [0.4, 0.5) is 11.4 Å². The Morgan fingerprint density at radius 1 is 1.13 bits per heavy atom. The van der Waals surface area contributed by atoms with E-state index >= 15 is 0 Å². The molecule has 0 aromatic heterocycles. The van der Waals surface area contributed by atoms with Crippen molar-refractivity contribution in [2.75, 3.05) is 17.7 Å². The van der Waals surface area contributed by atoms with E-state index in [4.69, 9.17) is 16.3 Å². The minimum absolute atomic E-state index is 0.0255. The molecular weight excluding hydrogens is 420 g/mol. The van der Waals surface area contributed by atoms with Crippen molar-refractivity contribution in [1.29, 1.82) is 0 Å². The van der Waals surface area contributed by atoms with Crippen molar-refractivity contribution in [2.24, 2.45) is 5.41 Å². The van der Waals surface area contributed by atoms with E-state index in [1.165, 1.54) is 11.8 Å². The number of amides is 2. The number of rotatable bonds is 8. The second-order valence-corrected chi connectivity index (χ2v) is 9.87. The number of methoxy groups -OCH3 is 1. The van der Waals surface area contributed by atoms with Gasteiger partial charge in [0.1, 0.15) is 5.75 Å². The van der Waals surface area contributed by atoms with Gasteiger partial charge in [-0.2, -0.15) is 0 Å². The van der Waals surface area contributed by atoms with E-state index in [9.17, 15) is 9.59 Å². The average Bonchev–Trinajstić information content (AvgIpc) is 2.65. The van der Waals surface area contributed by atoms with Crippen molar-refractivity contribution >= 4 is 46.6 Å². The van der Waals surface area contributed by atoms with Crippen molar-refractivity contribution in [1.82, 2.24) is 0 Å². The van der Waals surface area contributed by atoms with Gasteiger partial charge in [-0.15, -0.1) is 11.8 Å². The van der Waals surface area contributed by atoms with Crippen LogP contribution in [-0.2, 0) is 9.59 Å². The third kappa shape index (κ3) is 7.58. The second kappa shape index (κ2) is 10.7. The lowest BCUT2D eigenvalue weighted by molar-refractivity contribution is -0.118. The van der Waals surface area contributed by atoms with E-state index in [0.29, 0.717) is 29.3 Å². The number of thioether (sulfide) groups is 1. The van der Waals surface area contributed by atoms with Crippen molar-refractivity contribution in [3.63, 3.8) is 0 Å². The first-order chi connectivity index (χ1) is 14.1. The Kier molecular flexibility index (Phi) is 8.62. The summed E-state index contributed by atoms with van der Waals surface area (Å²) < 4.78 is 5.30. The highest BCUT2D eigenvalue weighted by Gasteiger charge is 2.20. The van der Waals surface area contributed by atoms with Crippen LogP contribution in [0.5, 0.6) is 5.75 Å². The topological polar surface area (TPSA) is 67.4 Å². The number of anilines is 2. The summed E-state index contributed by atoms with van der Waals surface area (Å²) in [5.74, 6) is 0.392. The van der Waals surface area contributed by atoms with Gasteiger partial charge in [-0.25, -0.2) is 0 Å². The Bertz CT molecular complexity index is 896. The van der Waals surface area contributed by atoms with Crippen molar-refractivity contribution in [3.8, 4) is 5.75 Å². The number of hydrogen-bond acceptors (Lipinski definition) is 4. The zero-order valence-corrected chi connectivity index (χ0v) is 19.6. The number of halogens is 1. The number of ether oxygens (including phenoxy) is 1. The van der Waals surface area contributed by atoms with Crippen LogP contribution in [0.3, 0.4) is 0 Å². The normalized spacial score (nSPS) is 12.2. The molecule has 0 bridgehead atoms. The summed E-state index contributed by atoms with van der Waals surface area (Å²) in [5, 5.41) is 6.05. The van der Waals surface area contributed by atoms with Gasteiger partial charge in [-0.3, -0.25) is 9.59 Å². The van der Waals surface area contributed by atoms with Gasteiger partial charge in [0.25, 0.3) is 0 Å². The Balaban J connectivity index is 2.07. The van der Waals surface area contributed by atoms with Crippen LogP contribution in [0.2, 0.25) is 5.02 Å². The molecule has 7 heteroatoms. The number of carbonyl (C=O) groups excluding carboxylic acids is 2. The molecule has 1 unspecified atom stereocenters. The molecule has 0 spiro atoms. The molecular formula is C23H29ClN2O3S. The smallest absolute Gasteiger partial charge is 0.237 e. The number of carbonyl (C=O) groups is 2. The maximum atomic E-state index is 12.8. The zero-order chi connectivity index (χ0) is 22.3. The van der Waals surface area contributed by atoms with Gasteiger partial charge in [-0.05, 0) is 48.2 Å². The van der Waals surface area contributed by atoms with E-state index < -0.39 is 0 Å². The van der Waals surface area contributed by atoms with Crippen LogP contribution in [0, 0.1) is 5.41 Å². The first-order valence-electron chi connectivity index (χ1n) is 9.82. The molecule has 2 aromatic rings. The summed E-state index contributed by atoms with van der Waals surface area (Å²) in [5.41, 5.74) is 1.18. The summed E-state index contributed by atoms with van der Waals surface area (Å²) in [6, 6.07) is 12.6. The van der Waals surface area contributed by atoms with Gasteiger partial charge in [0.2, 0.25) is 11.8 Å². The summed E-state index contributed by atoms with van der Waals surface area (Å²) in [7, 11) is 1.55. The predicted octanol–water partition coefficient (Wildman–Crippen LogP) is 6.23. The van der Waals surface area contributed by atoms with Crippen molar-refractivity contribution in [2.45, 2.75) is 50.7 Å². The minimum Gasteiger partial charge on any atom is -0.495 e. The van der Waals surface area contributed by atoms with Crippen molar-refractivity contribution in [3.05, 3.63) is 47.5 Å². The molecule has 0 aliphatic rings. The molecule has 0 fully saturated rings. The molecule has 2 amide bonds. The first kappa shape index (κ1) is 24.1. The Labute approximate surface area is 187 Å². The fraction of sp³-hybridized carbons (Fsp3) is 0.391. The van der Waals surface area contributed by atoms with Gasteiger partial charge in [0, 0.05) is 22.0 Å². The lowest BCUT2D eigenvalue weighted by atomic mass is 9.92. The average molecular weight is 449 g/mol.